The summed E-state index contributed by atoms with van der Waals surface area (Å²) in [4.78, 5) is 13.5. The molecule has 184 valence electrons. The highest BCUT2D eigenvalue weighted by atomic mass is 32.2. The Labute approximate surface area is 212 Å². The van der Waals surface area contributed by atoms with Gasteiger partial charge in [-0.2, -0.15) is 0 Å². The van der Waals surface area contributed by atoms with E-state index in [1.807, 2.05) is 84.9 Å². The molecular weight excluding hydrogens is 472 g/mol. The number of carbonyl (C=O) groups excluding carboxylic acids is 1. The molecule has 0 radical (unpaired) electrons. The predicted octanol–water partition coefficient (Wildman–Crippen LogP) is 4.67. The van der Waals surface area contributed by atoms with Crippen LogP contribution in [0.2, 0.25) is 0 Å². The highest BCUT2D eigenvalue weighted by Crippen LogP contribution is 2.29. The smallest absolute Gasteiger partial charge is 0.326 e. The first-order chi connectivity index (χ1) is 17.5. The number of rotatable bonds is 9. The van der Waals surface area contributed by atoms with Crippen LogP contribution in [0.1, 0.15) is 16.7 Å². The third-order valence-corrected chi connectivity index (χ3v) is 6.30. The van der Waals surface area contributed by atoms with Gasteiger partial charge in [-0.1, -0.05) is 84.9 Å². The van der Waals surface area contributed by atoms with Crippen LogP contribution in [-0.2, 0) is 29.5 Å². The highest BCUT2D eigenvalue weighted by Gasteiger charge is 2.19. The van der Waals surface area contributed by atoms with Crippen molar-refractivity contribution in [1.82, 2.24) is 5.43 Å². The van der Waals surface area contributed by atoms with Crippen LogP contribution >= 0.6 is 0 Å². The van der Waals surface area contributed by atoms with Crippen LogP contribution in [0.3, 0.4) is 0 Å². The summed E-state index contributed by atoms with van der Waals surface area (Å²) in [6, 6.07) is 31.6. The number of carbonyl (C=O) groups is 1. The molecular formula is C28H28N4O3S. The van der Waals surface area contributed by atoms with Crippen LogP contribution in [0.4, 0.5) is 16.2 Å². The third kappa shape index (κ3) is 6.37. The van der Waals surface area contributed by atoms with Gasteiger partial charge in [0, 0.05) is 18.8 Å². The van der Waals surface area contributed by atoms with Crippen molar-refractivity contribution < 1.29 is 13.2 Å². The first-order valence-electron chi connectivity index (χ1n) is 11.5. The summed E-state index contributed by atoms with van der Waals surface area (Å²) in [5.41, 5.74) is 14.3. The van der Waals surface area contributed by atoms with E-state index in [0.717, 1.165) is 22.3 Å². The molecule has 4 rings (SSSR count). The van der Waals surface area contributed by atoms with Crippen LogP contribution in [0.25, 0.3) is 11.1 Å². The van der Waals surface area contributed by atoms with Crippen molar-refractivity contribution in [2.75, 3.05) is 10.3 Å². The van der Waals surface area contributed by atoms with E-state index in [4.69, 9.17) is 5.73 Å². The molecule has 4 aromatic carbocycles. The fraction of sp³-hybridized carbons (Fsp3) is 0.107. The lowest BCUT2D eigenvalue weighted by molar-refractivity contribution is 0.254. The quantitative estimate of drug-likeness (QED) is 0.198. The first kappa shape index (κ1) is 25.1. The van der Waals surface area contributed by atoms with Crippen LogP contribution in [0, 0.1) is 0 Å². The van der Waals surface area contributed by atoms with E-state index in [2.05, 4.69) is 10.7 Å². The molecule has 4 aromatic rings. The second-order valence-corrected chi connectivity index (χ2v) is 9.13. The zero-order chi connectivity index (χ0) is 25.3. The lowest BCUT2D eigenvalue weighted by Gasteiger charge is -2.26. The molecule has 0 atom stereocenters. The van der Waals surface area contributed by atoms with Crippen LogP contribution in [-0.4, -0.2) is 14.4 Å². The monoisotopic (exact) mass is 500 g/mol. The molecule has 0 heterocycles. The van der Waals surface area contributed by atoms with Crippen molar-refractivity contribution in [1.29, 1.82) is 0 Å². The van der Waals surface area contributed by atoms with E-state index in [9.17, 15) is 13.2 Å². The first-order valence-corrected chi connectivity index (χ1v) is 12.9. The summed E-state index contributed by atoms with van der Waals surface area (Å²) in [6.45, 7) is 0.665. The zero-order valence-electron chi connectivity index (χ0n) is 19.6. The molecule has 0 aliphatic rings. The number of urea groups is 1. The van der Waals surface area contributed by atoms with Gasteiger partial charge < -0.3 is 11.1 Å². The average Bonchev–Trinajstić information content (AvgIpc) is 2.90. The van der Waals surface area contributed by atoms with E-state index in [-0.39, 0.29) is 12.3 Å². The number of hydrogen-bond acceptors (Lipinski definition) is 5. The van der Waals surface area contributed by atoms with E-state index in [1.165, 1.54) is 5.01 Å². The Kier molecular flexibility index (Phi) is 8.46. The Bertz CT molecular complexity index is 1380. The molecule has 36 heavy (non-hydrogen) atoms. The number of anilines is 2. The Morgan fingerprint density at radius 2 is 1.47 bits per heavy atom. The maximum atomic E-state index is 13.5. The van der Waals surface area contributed by atoms with Gasteiger partial charge >= 0.3 is 6.03 Å². The minimum Gasteiger partial charge on any atom is -0.326 e. The number of hydrogen-bond donors (Lipinski definition) is 4. The van der Waals surface area contributed by atoms with Crippen molar-refractivity contribution in [3.05, 3.63) is 120 Å². The second kappa shape index (κ2) is 12.1. The lowest BCUT2D eigenvalue weighted by atomic mass is 10.00. The summed E-state index contributed by atoms with van der Waals surface area (Å²) in [6.07, 6.45) is 0. The number of nitrogens with zero attached hydrogens (tertiary/aromatic N) is 1. The topological polar surface area (TPSA) is 105 Å². The normalized spacial score (nSPS) is 10.8. The largest absolute Gasteiger partial charge is 0.340 e. The van der Waals surface area contributed by atoms with Crippen molar-refractivity contribution in [3.63, 3.8) is 0 Å². The molecule has 2 amide bonds. The summed E-state index contributed by atoms with van der Waals surface area (Å²) in [7, 11) is -2.67. The van der Waals surface area contributed by atoms with E-state index in [1.54, 1.807) is 18.2 Å². The average molecular weight is 501 g/mol. The van der Waals surface area contributed by atoms with Gasteiger partial charge in [-0.05, 0) is 46.0 Å². The second-order valence-electron chi connectivity index (χ2n) is 8.15. The van der Waals surface area contributed by atoms with Crippen molar-refractivity contribution in [2.24, 2.45) is 5.73 Å². The Hall–Kier alpha value is -3.98. The molecule has 0 unspecified atom stereocenters. The maximum Gasteiger partial charge on any atom is 0.340 e. The number of benzene rings is 4. The van der Waals surface area contributed by atoms with Gasteiger partial charge in [0.1, 0.15) is 10.7 Å². The summed E-state index contributed by atoms with van der Waals surface area (Å²) in [5, 5.41) is 4.33. The molecule has 0 fully saturated rings. The number of hydrazine groups is 1. The Morgan fingerprint density at radius 1 is 0.806 bits per heavy atom. The molecule has 0 aliphatic heterocycles. The number of amides is 2. The molecule has 0 saturated carbocycles. The summed E-state index contributed by atoms with van der Waals surface area (Å²) < 4.78 is 23.4. The standard InChI is InChI=1S/C28H28N4O3S/c29-18-23-13-7-8-14-27(23)31-28(33)32(30-19-21-9-3-1-4-10-21)25-15-16-26(22-11-5-2-6-12-22)24(17-25)20-36(34)35/h1-17,30,36H,18-20,29H2,(H,31,33). The number of para-hydroxylation sites is 1. The van der Waals surface area contributed by atoms with E-state index in [0.29, 0.717) is 23.5 Å². The van der Waals surface area contributed by atoms with Gasteiger partial charge in [-0.25, -0.2) is 23.6 Å². The molecule has 0 saturated heterocycles. The third-order valence-electron chi connectivity index (χ3n) is 5.70. The molecule has 0 aromatic heterocycles. The predicted molar refractivity (Wildman–Crippen MR) is 145 cm³/mol. The number of nitrogens with one attached hydrogen (secondary N) is 2. The molecule has 0 bridgehead atoms. The van der Waals surface area contributed by atoms with E-state index < -0.39 is 16.7 Å². The SMILES string of the molecule is NCc1ccccc1NC(=O)N(NCc1ccccc1)c1ccc(-c2ccccc2)c(C[SH](=O)=O)c1. The maximum absolute atomic E-state index is 13.5. The van der Waals surface area contributed by atoms with Crippen molar-refractivity contribution in [2.45, 2.75) is 18.8 Å². The van der Waals surface area contributed by atoms with Crippen LogP contribution in [0.15, 0.2) is 103 Å². The van der Waals surface area contributed by atoms with Crippen molar-refractivity contribution in [3.8, 4) is 11.1 Å². The van der Waals surface area contributed by atoms with Crippen LogP contribution in [0.5, 0.6) is 0 Å². The van der Waals surface area contributed by atoms with Gasteiger partial charge in [0.2, 0.25) is 0 Å². The molecule has 8 heteroatoms. The highest BCUT2D eigenvalue weighted by molar-refractivity contribution is 7.71. The molecule has 0 spiro atoms. The van der Waals surface area contributed by atoms with Gasteiger partial charge in [-0.3, -0.25) is 0 Å². The Balaban J connectivity index is 1.71. The van der Waals surface area contributed by atoms with E-state index >= 15 is 0 Å². The summed E-state index contributed by atoms with van der Waals surface area (Å²) >= 11 is 0. The van der Waals surface area contributed by atoms with Gasteiger partial charge in [0.15, 0.2) is 0 Å². The van der Waals surface area contributed by atoms with Gasteiger partial charge in [0.25, 0.3) is 0 Å². The summed E-state index contributed by atoms with van der Waals surface area (Å²) in [5.74, 6) is -0.141. The molecule has 4 N–H and O–H groups in total. The fourth-order valence-electron chi connectivity index (χ4n) is 3.93. The van der Waals surface area contributed by atoms with Gasteiger partial charge in [-0.15, -0.1) is 0 Å². The van der Waals surface area contributed by atoms with Gasteiger partial charge in [0.05, 0.1) is 11.4 Å². The number of nitrogens with two attached hydrogens (primary N) is 1. The molecule has 7 nitrogen and oxygen atoms in total. The number of thiol groups is 1. The minimum atomic E-state index is -2.67. The lowest BCUT2D eigenvalue weighted by Crippen LogP contribution is -2.45. The minimum absolute atomic E-state index is 0.141. The van der Waals surface area contributed by atoms with Crippen molar-refractivity contribution >= 4 is 28.1 Å². The fourth-order valence-corrected chi connectivity index (χ4v) is 4.47. The Morgan fingerprint density at radius 3 is 2.17 bits per heavy atom. The molecule has 0 aliphatic carbocycles. The zero-order valence-corrected chi connectivity index (χ0v) is 20.5. The van der Waals surface area contributed by atoms with Crippen LogP contribution < -0.4 is 21.5 Å².